The average Bonchev–Trinajstić information content (AvgIpc) is 3.23. The molecule has 1 atom stereocenters. The molecule has 0 bridgehead atoms. The van der Waals surface area contributed by atoms with E-state index in [1.807, 2.05) is 4.90 Å². The van der Waals surface area contributed by atoms with E-state index in [1.165, 1.54) is 18.9 Å². The summed E-state index contributed by atoms with van der Waals surface area (Å²) in [5, 5.41) is 12.4. The molecule has 3 rings (SSSR count). The molecular formula is C18H25FN2O3. The molecule has 1 saturated heterocycles. The molecule has 6 heteroatoms. The van der Waals surface area contributed by atoms with Gasteiger partial charge in [0.25, 0.3) is 5.91 Å². The van der Waals surface area contributed by atoms with Crippen molar-refractivity contribution in [3.63, 3.8) is 0 Å². The Bertz CT molecular complexity index is 571. The van der Waals surface area contributed by atoms with Crippen LogP contribution in [0.3, 0.4) is 0 Å². The summed E-state index contributed by atoms with van der Waals surface area (Å²) in [4.78, 5) is 14.1. The molecule has 132 valence electrons. The highest BCUT2D eigenvalue weighted by Crippen LogP contribution is 2.28. The molecule has 1 heterocycles. The number of amides is 1. The van der Waals surface area contributed by atoms with Crippen molar-refractivity contribution in [1.82, 2.24) is 5.32 Å². The molecule has 1 unspecified atom stereocenters. The van der Waals surface area contributed by atoms with Gasteiger partial charge >= 0.3 is 0 Å². The lowest BCUT2D eigenvalue weighted by Crippen LogP contribution is -2.34. The largest absolute Gasteiger partial charge is 0.389 e. The van der Waals surface area contributed by atoms with Gasteiger partial charge in [-0.05, 0) is 49.8 Å². The van der Waals surface area contributed by atoms with E-state index in [9.17, 15) is 14.3 Å². The molecule has 1 aromatic rings. The Labute approximate surface area is 141 Å². The van der Waals surface area contributed by atoms with Gasteiger partial charge in [-0.25, -0.2) is 4.39 Å². The smallest absolute Gasteiger partial charge is 0.251 e. The van der Waals surface area contributed by atoms with Crippen molar-refractivity contribution in [3.05, 3.63) is 29.6 Å². The molecule has 1 aliphatic carbocycles. The van der Waals surface area contributed by atoms with E-state index in [0.29, 0.717) is 18.2 Å². The molecule has 1 saturated carbocycles. The van der Waals surface area contributed by atoms with Gasteiger partial charge in [0.2, 0.25) is 0 Å². The van der Waals surface area contributed by atoms with Gasteiger partial charge < -0.3 is 20.1 Å². The number of rotatable bonds is 8. The maximum atomic E-state index is 14.2. The van der Waals surface area contributed by atoms with Gasteiger partial charge in [0.15, 0.2) is 0 Å². The van der Waals surface area contributed by atoms with Crippen molar-refractivity contribution in [2.75, 3.05) is 37.7 Å². The second-order valence-corrected chi connectivity index (χ2v) is 6.71. The minimum absolute atomic E-state index is 0.0962. The summed E-state index contributed by atoms with van der Waals surface area (Å²) >= 11 is 0. The Morgan fingerprint density at radius 2 is 2.12 bits per heavy atom. The van der Waals surface area contributed by atoms with Crippen LogP contribution in [0.5, 0.6) is 0 Å². The fraction of sp³-hybridized carbons (Fsp3) is 0.611. The van der Waals surface area contributed by atoms with Gasteiger partial charge in [-0.2, -0.15) is 0 Å². The van der Waals surface area contributed by atoms with Crippen LogP contribution in [0.25, 0.3) is 0 Å². The summed E-state index contributed by atoms with van der Waals surface area (Å²) in [6.45, 7) is 2.69. The Kier molecular flexibility index (Phi) is 5.68. The van der Waals surface area contributed by atoms with E-state index in [-0.39, 0.29) is 30.4 Å². The molecule has 2 aliphatic rings. The van der Waals surface area contributed by atoms with E-state index in [2.05, 4.69) is 5.32 Å². The predicted octanol–water partition coefficient (Wildman–Crippen LogP) is 1.94. The minimum atomic E-state index is -0.749. The van der Waals surface area contributed by atoms with Crippen LogP contribution in [-0.2, 0) is 4.74 Å². The molecule has 1 amide bonds. The van der Waals surface area contributed by atoms with E-state index < -0.39 is 6.10 Å². The highest BCUT2D eigenvalue weighted by Gasteiger charge is 2.22. The second kappa shape index (κ2) is 7.94. The van der Waals surface area contributed by atoms with Crippen LogP contribution in [0.15, 0.2) is 18.2 Å². The number of hydrogen-bond acceptors (Lipinski definition) is 4. The van der Waals surface area contributed by atoms with Gasteiger partial charge in [0.1, 0.15) is 5.82 Å². The maximum absolute atomic E-state index is 14.2. The summed E-state index contributed by atoms with van der Waals surface area (Å²) in [7, 11) is 0. The highest BCUT2D eigenvalue weighted by atomic mass is 19.1. The van der Waals surface area contributed by atoms with Crippen LogP contribution < -0.4 is 10.2 Å². The number of halogens is 1. The van der Waals surface area contributed by atoms with Crippen molar-refractivity contribution in [2.45, 2.75) is 31.8 Å². The lowest BCUT2D eigenvalue weighted by molar-refractivity contribution is 0.0320. The van der Waals surface area contributed by atoms with Gasteiger partial charge in [0.05, 0.1) is 18.4 Å². The first-order valence-corrected chi connectivity index (χ1v) is 8.72. The van der Waals surface area contributed by atoms with Gasteiger partial charge in [-0.1, -0.05) is 0 Å². The maximum Gasteiger partial charge on any atom is 0.251 e. The Balaban J connectivity index is 1.46. The molecule has 0 aromatic heterocycles. The normalized spacial score (nSPS) is 18.7. The number of aliphatic hydroxyl groups is 1. The van der Waals surface area contributed by atoms with Crippen LogP contribution in [0.2, 0.25) is 0 Å². The molecule has 24 heavy (non-hydrogen) atoms. The zero-order valence-electron chi connectivity index (χ0n) is 13.8. The molecule has 5 nitrogen and oxygen atoms in total. The SMILES string of the molecule is O=C(NCC(O)COCC1CC1)c1ccc(N2CCCC2)c(F)c1. The first kappa shape index (κ1) is 17.2. The number of nitrogens with zero attached hydrogens (tertiary/aromatic N) is 1. The average molecular weight is 336 g/mol. The summed E-state index contributed by atoms with van der Waals surface area (Å²) < 4.78 is 19.6. The van der Waals surface area contributed by atoms with Gasteiger partial charge in [-0.15, -0.1) is 0 Å². The van der Waals surface area contributed by atoms with Gasteiger partial charge in [0, 0.05) is 31.8 Å². The monoisotopic (exact) mass is 336 g/mol. The fourth-order valence-corrected chi connectivity index (χ4v) is 2.89. The lowest BCUT2D eigenvalue weighted by atomic mass is 10.1. The van der Waals surface area contributed by atoms with Crippen molar-refractivity contribution in [2.24, 2.45) is 5.92 Å². The summed E-state index contributed by atoms with van der Waals surface area (Å²) in [5.41, 5.74) is 0.819. The van der Waals surface area contributed by atoms with E-state index >= 15 is 0 Å². The molecule has 2 fully saturated rings. The van der Waals surface area contributed by atoms with Crippen molar-refractivity contribution >= 4 is 11.6 Å². The van der Waals surface area contributed by atoms with E-state index in [4.69, 9.17) is 4.74 Å². The van der Waals surface area contributed by atoms with Crippen LogP contribution >= 0.6 is 0 Å². The lowest BCUT2D eigenvalue weighted by Gasteiger charge is -2.18. The van der Waals surface area contributed by atoms with Crippen molar-refractivity contribution in [3.8, 4) is 0 Å². The fourth-order valence-electron chi connectivity index (χ4n) is 2.89. The third kappa shape index (κ3) is 4.68. The van der Waals surface area contributed by atoms with Crippen molar-refractivity contribution < 1.29 is 19.0 Å². The molecule has 0 radical (unpaired) electrons. The molecule has 1 aliphatic heterocycles. The topological polar surface area (TPSA) is 61.8 Å². The zero-order valence-corrected chi connectivity index (χ0v) is 13.8. The zero-order chi connectivity index (χ0) is 16.9. The predicted molar refractivity (Wildman–Crippen MR) is 89.7 cm³/mol. The van der Waals surface area contributed by atoms with Crippen LogP contribution in [0.1, 0.15) is 36.0 Å². The number of carbonyl (C=O) groups excluding carboxylic acids is 1. The number of benzene rings is 1. The Morgan fingerprint density at radius 3 is 2.79 bits per heavy atom. The summed E-state index contributed by atoms with van der Waals surface area (Å²) in [5.74, 6) is -0.120. The number of hydrogen-bond donors (Lipinski definition) is 2. The van der Waals surface area contributed by atoms with E-state index in [0.717, 1.165) is 25.9 Å². The summed E-state index contributed by atoms with van der Waals surface area (Å²) in [6, 6.07) is 4.55. The number of aliphatic hydroxyl groups excluding tert-OH is 1. The minimum Gasteiger partial charge on any atom is -0.389 e. The molecular weight excluding hydrogens is 311 g/mol. The third-order valence-corrected chi connectivity index (χ3v) is 4.52. The number of ether oxygens (including phenoxy) is 1. The molecule has 0 spiro atoms. The third-order valence-electron chi connectivity index (χ3n) is 4.52. The van der Waals surface area contributed by atoms with Crippen LogP contribution in [0, 0.1) is 11.7 Å². The quantitative estimate of drug-likeness (QED) is 0.762. The Morgan fingerprint density at radius 1 is 1.38 bits per heavy atom. The Hall–Kier alpha value is -1.66. The second-order valence-electron chi connectivity index (χ2n) is 6.71. The first-order chi connectivity index (χ1) is 11.6. The number of nitrogens with one attached hydrogen (secondary N) is 1. The van der Waals surface area contributed by atoms with Crippen LogP contribution in [-0.4, -0.2) is 50.0 Å². The standard InChI is InChI=1S/C18H25FN2O3/c19-16-9-14(5-6-17(16)21-7-1-2-8-21)18(23)20-10-15(22)12-24-11-13-3-4-13/h5-6,9,13,15,22H,1-4,7-8,10-12H2,(H,20,23). The number of carbonyl (C=O) groups is 1. The van der Waals surface area contributed by atoms with Crippen LogP contribution in [0.4, 0.5) is 10.1 Å². The highest BCUT2D eigenvalue weighted by molar-refractivity contribution is 5.94. The van der Waals surface area contributed by atoms with Gasteiger partial charge in [-0.3, -0.25) is 4.79 Å². The van der Waals surface area contributed by atoms with Crippen molar-refractivity contribution in [1.29, 1.82) is 0 Å². The molecule has 2 N–H and O–H groups in total. The number of anilines is 1. The first-order valence-electron chi connectivity index (χ1n) is 8.72. The molecule has 1 aromatic carbocycles. The van der Waals surface area contributed by atoms with E-state index in [1.54, 1.807) is 12.1 Å². The summed E-state index contributed by atoms with van der Waals surface area (Å²) in [6.07, 6.45) is 3.80.